The zero-order chi connectivity index (χ0) is 12.5. The Morgan fingerprint density at radius 1 is 1.44 bits per heavy atom. The summed E-state index contributed by atoms with van der Waals surface area (Å²) in [5.41, 5.74) is 2.48. The van der Waals surface area contributed by atoms with Crippen LogP contribution in [0.25, 0.3) is 5.65 Å². The molecule has 0 spiro atoms. The molecule has 2 aromatic heterocycles. The van der Waals surface area contributed by atoms with Crippen LogP contribution in [0.1, 0.15) is 41.7 Å². The molecule has 1 saturated carbocycles. The average molecular weight is 243 g/mol. The second kappa shape index (κ2) is 4.44. The van der Waals surface area contributed by atoms with E-state index in [1.165, 1.54) is 12.8 Å². The highest BCUT2D eigenvalue weighted by atomic mass is 16.2. The summed E-state index contributed by atoms with van der Waals surface area (Å²) in [6.45, 7) is 2.02. The van der Waals surface area contributed by atoms with Crippen molar-refractivity contribution in [3.8, 4) is 0 Å². The van der Waals surface area contributed by atoms with Gasteiger partial charge in [0.2, 0.25) is 0 Å². The van der Waals surface area contributed by atoms with E-state index in [-0.39, 0.29) is 5.91 Å². The van der Waals surface area contributed by atoms with Gasteiger partial charge in [-0.25, -0.2) is 4.98 Å². The summed E-state index contributed by atoms with van der Waals surface area (Å²) in [6, 6.07) is 4.32. The number of imidazole rings is 1. The molecule has 4 heteroatoms. The van der Waals surface area contributed by atoms with Crippen molar-refractivity contribution in [3.63, 3.8) is 0 Å². The summed E-state index contributed by atoms with van der Waals surface area (Å²) in [7, 11) is 0. The zero-order valence-corrected chi connectivity index (χ0v) is 10.5. The molecule has 94 valence electrons. The fraction of sp³-hybridized carbons (Fsp3) is 0.429. The summed E-state index contributed by atoms with van der Waals surface area (Å²) in [5, 5.41) is 3.06. The van der Waals surface area contributed by atoms with Crippen molar-refractivity contribution in [1.29, 1.82) is 0 Å². The van der Waals surface area contributed by atoms with Crippen LogP contribution >= 0.6 is 0 Å². The fourth-order valence-electron chi connectivity index (χ4n) is 2.52. The number of aromatic nitrogens is 2. The molecule has 1 aliphatic carbocycles. The third-order valence-electron chi connectivity index (χ3n) is 3.54. The van der Waals surface area contributed by atoms with E-state index in [1.54, 1.807) is 6.20 Å². The lowest BCUT2D eigenvalue weighted by atomic mass is 10.2. The Balaban J connectivity index is 1.82. The molecule has 2 heterocycles. The highest BCUT2D eigenvalue weighted by Gasteiger charge is 2.19. The molecule has 1 N–H and O–H groups in total. The fourth-order valence-corrected chi connectivity index (χ4v) is 2.52. The van der Waals surface area contributed by atoms with E-state index in [0.717, 1.165) is 24.1 Å². The van der Waals surface area contributed by atoms with E-state index in [2.05, 4.69) is 10.3 Å². The summed E-state index contributed by atoms with van der Waals surface area (Å²) in [6.07, 6.45) is 8.35. The molecule has 2 aromatic rings. The predicted octanol–water partition coefficient (Wildman–Crippen LogP) is 2.32. The van der Waals surface area contributed by atoms with Crippen molar-refractivity contribution in [2.75, 3.05) is 0 Å². The van der Waals surface area contributed by atoms with Crippen molar-refractivity contribution in [2.45, 2.75) is 38.6 Å². The van der Waals surface area contributed by atoms with Crippen molar-refractivity contribution >= 4 is 11.6 Å². The summed E-state index contributed by atoms with van der Waals surface area (Å²) in [4.78, 5) is 16.4. The molecule has 1 aliphatic rings. The van der Waals surface area contributed by atoms with E-state index in [9.17, 15) is 4.79 Å². The van der Waals surface area contributed by atoms with Crippen LogP contribution in [-0.4, -0.2) is 21.3 Å². The third kappa shape index (κ3) is 2.10. The first-order valence-electron chi connectivity index (χ1n) is 6.48. The van der Waals surface area contributed by atoms with Gasteiger partial charge in [0.15, 0.2) is 0 Å². The quantitative estimate of drug-likeness (QED) is 0.879. The minimum absolute atomic E-state index is 0.0525. The molecule has 0 radical (unpaired) electrons. The summed E-state index contributed by atoms with van der Waals surface area (Å²) < 4.78 is 1.89. The van der Waals surface area contributed by atoms with Crippen molar-refractivity contribution in [3.05, 3.63) is 35.8 Å². The van der Waals surface area contributed by atoms with E-state index in [1.807, 2.05) is 29.7 Å². The monoisotopic (exact) mass is 243 g/mol. The molecule has 0 saturated heterocycles. The van der Waals surface area contributed by atoms with Crippen LogP contribution < -0.4 is 5.32 Å². The number of carbonyl (C=O) groups excluding carboxylic acids is 1. The molecular weight excluding hydrogens is 226 g/mol. The van der Waals surface area contributed by atoms with Crippen LogP contribution in [0.4, 0.5) is 0 Å². The Morgan fingerprint density at radius 2 is 2.22 bits per heavy atom. The number of nitrogens with zero attached hydrogens (tertiary/aromatic N) is 2. The maximum absolute atomic E-state index is 12.1. The first-order valence-corrected chi connectivity index (χ1v) is 6.48. The van der Waals surface area contributed by atoms with Gasteiger partial charge in [-0.2, -0.15) is 0 Å². The predicted molar refractivity (Wildman–Crippen MR) is 69.7 cm³/mol. The lowest BCUT2D eigenvalue weighted by Gasteiger charge is -2.09. The Labute approximate surface area is 106 Å². The van der Waals surface area contributed by atoms with Gasteiger partial charge in [-0.05, 0) is 37.5 Å². The van der Waals surface area contributed by atoms with Crippen LogP contribution in [0.2, 0.25) is 0 Å². The van der Waals surface area contributed by atoms with Crippen molar-refractivity contribution in [2.24, 2.45) is 0 Å². The average Bonchev–Trinajstić information content (AvgIpc) is 2.96. The van der Waals surface area contributed by atoms with Crippen LogP contribution in [0.3, 0.4) is 0 Å². The molecule has 3 rings (SSSR count). The Hall–Kier alpha value is -1.84. The molecule has 0 aliphatic heterocycles. The maximum atomic E-state index is 12.1. The second-order valence-corrected chi connectivity index (χ2v) is 5.05. The highest BCUT2D eigenvalue weighted by Crippen LogP contribution is 2.18. The van der Waals surface area contributed by atoms with Gasteiger partial charge in [-0.1, -0.05) is 12.8 Å². The number of amides is 1. The first-order chi connectivity index (χ1) is 8.72. The van der Waals surface area contributed by atoms with Gasteiger partial charge in [-0.15, -0.1) is 0 Å². The largest absolute Gasteiger partial charge is 0.348 e. The van der Waals surface area contributed by atoms with E-state index >= 15 is 0 Å². The van der Waals surface area contributed by atoms with Gasteiger partial charge in [0, 0.05) is 18.4 Å². The molecule has 0 atom stereocenters. The zero-order valence-electron chi connectivity index (χ0n) is 10.5. The van der Waals surface area contributed by atoms with Gasteiger partial charge >= 0.3 is 0 Å². The Bertz CT molecular complexity index is 582. The smallest absolute Gasteiger partial charge is 0.271 e. The standard InChI is InChI=1S/C14H17N3O/c1-10-6-7-17-9-12(16-13(17)8-10)14(18)15-11-4-2-3-5-11/h6-9,11H,2-5H2,1H3,(H,15,18). The molecule has 18 heavy (non-hydrogen) atoms. The van der Waals surface area contributed by atoms with Gasteiger partial charge in [0.1, 0.15) is 11.3 Å². The third-order valence-corrected chi connectivity index (χ3v) is 3.54. The number of fused-ring (bicyclic) bond motifs is 1. The highest BCUT2D eigenvalue weighted by molar-refractivity contribution is 5.93. The van der Waals surface area contributed by atoms with Crippen LogP contribution in [0, 0.1) is 6.92 Å². The topological polar surface area (TPSA) is 46.4 Å². The SMILES string of the molecule is Cc1ccn2cc(C(=O)NC3CCCC3)nc2c1. The van der Waals surface area contributed by atoms with Gasteiger partial charge in [-0.3, -0.25) is 4.79 Å². The number of nitrogens with one attached hydrogen (secondary N) is 1. The number of carbonyl (C=O) groups is 1. The number of pyridine rings is 1. The first kappa shape index (κ1) is 11.3. The van der Waals surface area contributed by atoms with Crippen LogP contribution in [0.5, 0.6) is 0 Å². The summed E-state index contributed by atoms with van der Waals surface area (Å²) >= 11 is 0. The number of hydrogen-bond donors (Lipinski definition) is 1. The number of hydrogen-bond acceptors (Lipinski definition) is 2. The van der Waals surface area contributed by atoms with Crippen molar-refractivity contribution in [1.82, 2.24) is 14.7 Å². The molecule has 1 fully saturated rings. The lowest BCUT2D eigenvalue weighted by molar-refractivity contribution is 0.0933. The normalized spacial score (nSPS) is 16.3. The van der Waals surface area contributed by atoms with Crippen LogP contribution in [-0.2, 0) is 0 Å². The van der Waals surface area contributed by atoms with Gasteiger partial charge in [0.25, 0.3) is 5.91 Å². The number of aryl methyl sites for hydroxylation is 1. The van der Waals surface area contributed by atoms with E-state index in [4.69, 9.17) is 0 Å². The second-order valence-electron chi connectivity index (χ2n) is 5.05. The van der Waals surface area contributed by atoms with Crippen molar-refractivity contribution < 1.29 is 4.79 Å². The lowest BCUT2D eigenvalue weighted by Crippen LogP contribution is -2.32. The molecule has 0 aromatic carbocycles. The molecule has 4 nitrogen and oxygen atoms in total. The Kier molecular flexibility index (Phi) is 2.78. The molecule has 0 unspecified atom stereocenters. The van der Waals surface area contributed by atoms with Gasteiger partial charge < -0.3 is 9.72 Å². The minimum Gasteiger partial charge on any atom is -0.348 e. The summed E-state index contributed by atoms with van der Waals surface area (Å²) in [5.74, 6) is -0.0525. The molecular formula is C14H17N3O. The maximum Gasteiger partial charge on any atom is 0.271 e. The molecule has 0 bridgehead atoms. The van der Waals surface area contributed by atoms with Crippen LogP contribution in [0.15, 0.2) is 24.5 Å². The number of rotatable bonds is 2. The van der Waals surface area contributed by atoms with E-state index in [0.29, 0.717) is 11.7 Å². The minimum atomic E-state index is -0.0525. The Morgan fingerprint density at radius 3 is 3.00 bits per heavy atom. The molecule has 1 amide bonds. The van der Waals surface area contributed by atoms with E-state index < -0.39 is 0 Å². The van der Waals surface area contributed by atoms with Gasteiger partial charge in [0.05, 0.1) is 0 Å².